The van der Waals surface area contributed by atoms with Crippen molar-refractivity contribution in [2.45, 2.75) is 17.1 Å². The van der Waals surface area contributed by atoms with Gasteiger partial charge in [0.15, 0.2) is 0 Å². The van der Waals surface area contributed by atoms with Gasteiger partial charge in [-0.25, -0.2) is 0 Å². The molecule has 0 fully saturated rings. The van der Waals surface area contributed by atoms with Gasteiger partial charge < -0.3 is 20.7 Å². The van der Waals surface area contributed by atoms with Gasteiger partial charge in [-0.2, -0.15) is 0 Å². The lowest BCUT2D eigenvalue weighted by molar-refractivity contribution is -0.115. The van der Waals surface area contributed by atoms with Crippen molar-refractivity contribution < 1.29 is 19.1 Å². The molecule has 4 aromatic carbocycles. The highest BCUT2D eigenvalue weighted by atomic mass is 79.9. The number of rotatable bonds is 10. The Morgan fingerprint density at radius 2 is 1.41 bits per heavy atom. The average Bonchev–Trinajstić information content (AvgIpc) is 2.99. The molecule has 0 saturated carbocycles. The summed E-state index contributed by atoms with van der Waals surface area (Å²) in [5.41, 5.74) is 2.50. The Bertz CT molecular complexity index is 1520. The highest BCUT2D eigenvalue weighted by Gasteiger charge is 2.17. The van der Waals surface area contributed by atoms with Crippen LogP contribution in [0.5, 0.6) is 5.75 Å². The normalized spacial score (nSPS) is 11.7. The van der Waals surface area contributed by atoms with Crippen LogP contribution in [0.1, 0.15) is 22.8 Å². The number of halogens is 1. The van der Waals surface area contributed by atoms with Crippen molar-refractivity contribution in [1.82, 2.24) is 5.32 Å². The lowest BCUT2D eigenvalue weighted by Crippen LogP contribution is -2.30. The molecular weight excluding hydrogens is 602 g/mol. The fourth-order valence-corrected chi connectivity index (χ4v) is 4.79. The zero-order valence-corrected chi connectivity index (χ0v) is 24.8. The Morgan fingerprint density at radius 3 is 2.05 bits per heavy atom. The van der Waals surface area contributed by atoms with Crippen LogP contribution in [0.2, 0.25) is 0 Å². The van der Waals surface area contributed by atoms with Gasteiger partial charge in [0.1, 0.15) is 11.4 Å². The van der Waals surface area contributed by atoms with E-state index in [1.807, 2.05) is 49.4 Å². The third kappa shape index (κ3) is 8.83. The molecule has 0 aliphatic carbocycles. The van der Waals surface area contributed by atoms with Crippen LogP contribution in [0.3, 0.4) is 0 Å². The van der Waals surface area contributed by atoms with Crippen molar-refractivity contribution in [3.63, 3.8) is 0 Å². The van der Waals surface area contributed by atoms with E-state index in [1.54, 1.807) is 73.8 Å². The fourth-order valence-electron chi connectivity index (χ4n) is 3.66. The van der Waals surface area contributed by atoms with E-state index in [0.29, 0.717) is 22.6 Å². The van der Waals surface area contributed by atoms with Crippen LogP contribution in [-0.2, 0) is 9.59 Å². The SMILES string of the molecule is COc1ccc(/C=C(\NC(=O)c2ccccc2)C(=O)Nc2ccc(SC(C)C(=O)Nc3ccc(Br)cc3)cc2)cc1. The molecule has 0 aromatic heterocycles. The minimum atomic E-state index is -0.479. The minimum absolute atomic E-state index is 0.0840. The van der Waals surface area contributed by atoms with Crippen molar-refractivity contribution in [3.8, 4) is 5.75 Å². The van der Waals surface area contributed by atoms with E-state index < -0.39 is 11.8 Å². The number of ether oxygens (including phenoxy) is 1. The molecule has 41 heavy (non-hydrogen) atoms. The molecule has 0 aliphatic heterocycles. The molecule has 9 heteroatoms. The number of amides is 3. The molecule has 7 nitrogen and oxygen atoms in total. The van der Waals surface area contributed by atoms with Crippen molar-refractivity contribution in [2.24, 2.45) is 0 Å². The van der Waals surface area contributed by atoms with Crippen LogP contribution < -0.4 is 20.7 Å². The van der Waals surface area contributed by atoms with Gasteiger partial charge in [-0.15, -0.1) is 11.8 Å². The largest absolute Gasteiger partial charge is 0.497 e. The van der Waals surface area contributed by atoms with E-state index in [2.05, 4.69) is 31.9 Å². The topological polar surface area (TPSA) is 96.5 Å². The molecule has 0 bridgehead atoms. The van der Waals surface area contributed by atoms with Crippen LogP contribution in [0, 0.1) is 0 Å². The van der Waals surface area contributed by atoms with E-state index in [-0.39, 0.29) is 16.9 Å². The molecule has 0 heterocycles. The van der Waals surface area contributed by atoms with Crippen molar-refractivity contribution >= 4 is 62.9 Å². The van der Waals surface area contributed by atoms with Crippen LogP contribution in [0.4, 0.5) is 11.4 Å². The summed E-state index contributed by atoms with van der Waals surface area (Å²) < 4.78 is 6.14. The summed E-state index contributed by atoms with van der Waals surface area (Å²) in [6.07, 6.45) is 1.60. The summed E-state index contributed by atoms with van der Waals surface area (Å²) in [5.74, 6) is -0.313. The monoisotopic (exact) mass is 629 g/mol. The summed E-state index contributed by atoms with van der Waals surface area (Å²) in [5, 5.41) is 8.14. The Kier molecular flexibility index (Phi) is 10.4. The second kappa shape index (κ2) is 14.3. The zero-order chi connectivity index (χ0) is 29.2. The summed E-state index contributed by atoms with van der Waals surface area (Å²) >= 11 is 4.79. The molecular formula is C32H28BrN3O4S. The molecule has 3 amide bonds. The van der Waals surface area contributed by atoms with Gasteiger partial charge in [0.2, 0.25) is 5.91 Å². The third-order valence-electron chi connectivity index (χ3n) is 5.86. The lowest BCUT2D eigenvalue weighted by atomic mass is 10.1. The number of hydrogen-bond donors (Lipinski definition) is 3. The summed E-state index contributed by atoms with van der Waals surface area (Å²) in [6.45, 7) is 1.83. The van der Waals surface area contributed by atoms with Crippen LogP contribution in [-0.4, -0.2) is 30.1 Å². The third-order valence-corrected chi connectivity index (χ3v) is 7.50. The Hall–Kier alpha value is -4.34. The molecule has 4 aromatic rings. The number of carbonyl (C=O) groups is 3. The second-order valence-electron chi connectivity index (χ2n) is 8.89. The molecule has 0 spiro atoms. The van der Waals surface area contributed by atoms with Crippen LogP contribution in [0.15, 0.2) is 118 Å². The van der Waals surface area contributed by atoms with Gasteiger partial charge in [0.05, 0.1) is 12.4 Å². The maximum absolute atomic E-state index is 13.3. The predicted molar refractivity (Wildman–Crippen MR) is 168 cm³/mol. The van der Waals surface area contributed by atoms with Gasteiger partial charge >= 0.3 is 0 Å². The number of thioether (sulfide) groups is 1. The zero-order valence-electron chi connectivity index (χ0n) is 22.4. The second-order valence-corrected chi connectivity index (χ2v) is 11.2. The number of benzene rings is 4. The minimum Gasteiger partial charge on any atom is -0.497 e. The van der Waals surface area contributed by atoms with Gasteiger partial charge in [0.25, 0.3) is 11.8 Å². The highest BCUT2D eigenvalue weighted by Crippen LogP contribution is 2.26. The number of nitrogens with one attached hydrogen (secondary N) is 3. The van der Waals surface area contributed by atoms with Gasteiger partial charge in [-0.3, -0.25) is 14.4 Å². The first-order valence-corrected chi connectivity index (χ1v) is 14.3. The van der Waals surface area contributed by atoms with E-state index in [0.717, 1.165) is 15.1 Å². The van der Waals surface area contributed by atoms with Crippen LogP contribution >= 0.6 is 27.7 Å². The molecule has 208 valence electrons. The van der Waals surface area contributed by atoms with Crippen molar-refractivity contribution in [3.05, 3.63) is 124 Å². The lowest BCUT2D eigenvalue weighted by Gasteiger charge is -2.14. The van der Waals surface area contributed by atoms with Gasteiger partial charge in [-0.1, -0.05) is 46.3 Å². The summed E-state index contributed by atoms with van der Waals surface area (Å²) in [4.78, 5) is 39.6. The first-order chi connectivity index (χ1) is 19.8. The van der Waals surface area contributed by atoms with E-state index in [9.17, 15) is 14.4 Å². The van der Waals surface area contributed by atoms with Gasteiger partial charge in [0, 0.05) is 26.3 Å². The van der Waals surface area contributed by atoms with Crippen molar-refractivity contribution in [2.75, 3.05) is 17.7 Å². The fraction of sp³-hybridized carbons (Fsp3) is 0.0938. The molecule has 3 N–H and O–H groups in total. The first-order valence-electron chi connectivity index (χ1n) is 12.7. The summed E-state index contributed by atoms with van der Waals surface area (Å²) in [6, 6.07) is 30.4. The predicted octanol–water partition coefficient (Wildman–Crippen LogP) is 6.99. The number of hydrogen-bond acceptors (Lipinski definition) is 5. The summed E-state index contributed by atoms with van der Waals surface area (Å²) in [7, 11) is 1.58. The van der Waals surface area contributed by atoms with Crippen LogP contribution in [0.25, 0.3) is 6.08 Å². The molecule has 0 saturated heterocycles. The molecule has 1 atom stereocenters. The number of methoxy groups -OCH3 is 1. The Morgan fingerprint density at radius 1 is 0.805 bits per heavy atom. The quantitative estimate of drug-likeness (QED) is 0.130. The molecule has 4 rings (SSSR count). The molecule has 0 aliphatic rings. The standard InChI is InChI=1S/C32H28BrN3O4S/c1-21(30(37)34-25-12-10-24(33)11-13-25)41-28-18-14-26(15-19-28)35-32(39)29(20-22-8-16-27(40-2)17-9-22)36-31(38)23-6-4-3-5-7-23/h3-21H,1-2H3,(H,34,37)(H,35,39)(H,36,38)/b29-20-. The van der Waals surface area contributed by atoms with E-state index in [4.69, 9.17) is 4.74 Å². The Balaban J connectivity index is 1.43. The van der Waals surface area contributed by atoms with E-state index >= 15 is 0 Å². The maximum atomic E-state index is 13.3. The smallest absolute Gasteiger partial charge is 0.272 e. The number of carbonyl (C=O) groups excluding carboxylic acids is 3. The van der Waals surface area contributed by atoms with Crippen molar-refractivity contribution in [1.29, 1.82) is 0 Å². The van der Waals surface area contributed by atoms with Gasteiger partial charge in [-0.05, 0) is 91.4 Å². The van der Waals surface area contributed by atoms with E-state index in [1.165, 1.54) is 11.8 Å². The maximum Gasteiger partial charge on any atom is 0.272 e. The highest BCUT2D eigenvalue weighted by molar-refractivity contribution is 9.10. The first kappa shape index (κ1) is 29.6. The Labute approximate surface area is 251 Å². The number of anilines is 2. The molecule has 1 unspecified atom stereocenters. The molecule has 0 radical (unpaired) electrons. The average molecular weight is 631 g/mol.